The Morgan fingerprint density at radius 3 is 2.65 bits per heavy atom. The number of nitrogens with one attached hydrogen (secondary N) is 2. The Balaban J connectivity index is 2.40. The fraction of sp³-hybridized carbons (Fsp3) is 0.462. The van der Waals surface area contributed by atoms with E-state index in [1.165, 1.54) is 6.07 Å². The Bertz CT molecular complexity index is 538. The number of aromatic amines is 1. The Morgan fingerprint density at radius 2 is 2.05 bits per heavy atom. The molecule has 1 aromatic rings. The predicted molar refractivity (Wildman–Crippen MR) is 71.7 cm³/mol. The number of aliphatic carboxylic acids is 1. The molecule has 7 heteroatoms. The summed E-state index contributed by atoms with van der Waals surface area (Å²) in [6.07, 6.45) is 1.31. The minimum Gasteiger partial charge on any atom is -0.494 e. The highest BCUT2D eigenvalue weighted by atomic mass is 16.4. The predicted octanol–water partition coefficient (Wildman–Crippen LogP) is 0.701. The molecule has 0 aliphatic carbocycles. The summed E-state index contributed by atoms with van der Waals surface area (Å²) in [6.45, 7) is 2.29. The van der Waals surface area contributed by atoms with Gasteiger partial charge < -0.3 is 15.5 Å². The molecule has 20 heavy (non-hydrogen) atoms. The molecule has 7 nitrogen and oxygen atoms in total. The normalized spacial score (nSPS) is 11.8. The van der Waals surface area contributed by atoms with Crippen LogP contribution in [-0.4, -0.2) is 33.6 Å². The number of carbonyl (C=O) groups excluding carboxylic acids is 1. The van der Waals surface area contributed by atoms with Gasteiger partial charge in [0.15, 0.2) is 5.88 Å². The first kappa shape index (κ1) is 15.7. The molecule has 0 radical (unpaired) electrons. The average Bonchev–Trinajstić information content (AvgIpc) is 2.35. The summed E-state index contributed by atoms with van der Waals surface area (Å²) in [6, 6.07) is 2.27. The van der Waals surface area contributed by atoms with Crippen LogP contribution in [0, 0.1) is 5.92 Å². The van der Waals surface area contributed by atoms with Gasteiger partial charge in [-0.25, -0.2) is 0 Å². The van der Waals surface area contributed by atoms with Crippen molar-refractivity contribution >= 4 is 11.9 Å². The number of aromatic nitrogens is 1. The van der Waals surface area contributed by atoms with Gasteiger partial charge in [0.2, 0.25) is 0 Å². The number of hydrogen-bond acceptors (Lipinski definition) is 4. The van der Waals surface area contributed by atoms with Crippen molar-refractivity contribution in [2.45, 2.75) is 26.2 Å². The third kappa shape index (κ3) is 5.55. The van der Waals surface area contributed by atoms with Crippen LogP contribution in [0.25, 0.3) is 0 Å². The third-order valence-corrected chi connectivity index (χ3v) is 2.87. The molecule has 0 saturated carbocycles. The zero-order valence-corrected chi connectivity index (χ0v) is 11.2. The van der Waals surface area contributed by atoms with E-state index in [2.05, 4.69) is 10.3 Å². The summed E-state index contributed by atoms with van der Waals surface area (Å²) in [5, 5.41) is 20.4. The fourth-order valence-electron chi connectivity index (χ4n) is 1.71. The lowest BCUT2D eigenvalue weighted by Crippen LogP contribution is -2.26. The van der Waals surface area contributed by atoms with Gasteiger partial charge in [0.25, 0.3) is 11.5 Å². The second-order valence-electron chi connectivity index (χ2n) is 4.70. The molecule has 0 aromatic carbocycles. The molecular formula is C13H18N2O5. The first-order chi connectivity index (χ1) is 9.38. The van der Waals surface area contributed by atoms with E-state index in [1.807, 2.05) is 6.92 Å². The molecule has 0 aliphatic rings. The van der Waals surface area contributed by atoms with Gasteiger partial charge in [-0.1, -0.05) is 6.92 Å². The van der Waals surface area contributed by atoms with Crippen LogP contribution in [0.3, 0.4) is 0 Å². The number of hydrogen-bond donors (Lipinski definition) is 4. The molecule has 1 aromatic heterocycles. The molecule has 0 aliphatic heterocycles. The zero-order valence-electron chi connectivity index (χ0n) is 11.2. The number of pyridine rings is 1. The molecule has 4 N–H and O–H groups in total. The smallest absolute Gasteiger partial charge is 0.303 e. The van der Waals surface area contributed by atoms with E-state index in [0.717, 1.165) is 6.07 Å². The fourth-order valence-corrected chi connectivity index (χ4v) is 1.71. The average molecular weight is 282 g/mol. The van der Waals surface area contributed by atoms with E-state index in [9.17, 15) is 19.5 Å². The molecule has 1 amide bonds. The standard InChI is InChI=1S/C13H18N2O5/c1-8(2-3-12(18)19)4-5-14-13(20)9-6-10(16)15-11(17)7-9/h6-8H,2-5H2,1H3,(H,14,20)(H,18,19)(H2,15,16,17). The highest BCUT2D eigenvalue weighted by Gasteiger charge is 2.09. The lowest BCUT2D eigenvalue weighted by Gasteiger charge is -2.10. The van der Waals surface area contributed by atoms with E-state index in [-0.39, 0.29) is 23.8 Å². The Morgan fingerprint density at radius 1 is 1.35 bits per heavy atom. The Labute approximate surface area is 115 Å². The molecule has 0 saturated heterocycles. The van der Waals surface area contributed by atoms with Crippen LogP contribution >= 0.6 is 0 Å². The summed E-state index contributed by atoms with van der Waals surface area (Å²) in [5.74, 6) is -1.46. The van der Waals surface area contributed by atoms with Crippen LogP contribution in [0.1, 0.15) is 36.5 Å². The minimum atomic E-state index is -0.833. The van der Waals surface area contributed by atoms with E-state index in [0.29, 0.717) is 19.4 Å². The second kappa shape index (κ2) is 7.32. The quantitative estimate of drug-likeness (QED) is 0.587. The maximum atomic E-state index is 11.7. The lowest BCUT2D eigenvalue weighted by molar-refractivity contribution is -0.137. The van der Waals surface area contributed by atoms with Gasteiger partial charge in [-0.3, -0.25) is 19.4 Å². The number of H-pyrrole nitrogens is 1. The van der Waals surface area contributed by atoms with Crippen molar-refractivity contribution < 1.29 is 19.8 Å². The van der Waals surface area contributed by atoms with Gasteiger partial charge in [-0.05, 0) is 18.8 Å². The van der Waals surface area contributed by atoms with Gasteiger partial charge in [-0.15, -0.1) is 0 Å². The number of rotatable bonds is 7. The van der Waals surface area contributed by atoms with Gasteiger partial charge in [-0.2, -0.15) is 0 Å². The highest BCUT2D eigenvalue weighted by molar-refractivity contribution is 5.94. The van der Waals surface area contributed by atoms with Gasteiger partial charge in [0.05, 0.1) is 5.56 Å². The van der Waals surface area contributed by atoms with Crippen LogP contribution in [0.4, 0.5) is 0 Å². The van der Waals surface area contributed by atoms with Crippen molar-refractivity contribution in [1.82, 2.24) is 10.3 Å². The Hall–Kier alpha value is -2.31. The summed E-state index contributed by atoms with van der Waals surface area (Å²) in [7, 11) is 0. The summed E-state index contributed by atoms with van der Waals surface area (Å²) < 4.78 is 0. The molecule has 0 spiro atoms. The molecule has 1 unspecified atom stereocenters. The highest BCUT2D eigenvalue weighted by Crippen LogP contribution is 2.09. The van der Waals surface area contributed by atoms with E-state index in [4.69, 9.17) is 5.11 Å². The van der Waals surface area contributed by atoms with Crippen molar-refractivity contribution in [2.75, 3.05) is 6.54 Å². The number of aromatic hydroxyl groups is 1. The summed E-state index contributed by atoms with van der Waals surface area (Å²) >= 11 is 0. The SMILES string of the molecule is CC(CCNC(=O)c1cc(O)[nH]c(=O)c1)CCC(=O)O. The van der Waals surface area contributed by atoms with Crippen molar-refractivity contribution in [3.8, 4) is 5.88 Å². The summed E-state index contributed by atoms with van der Waals surface area (Å²) in [4.78, 5) is 35.4. The number of carboxylic acids is 1. The first-order valence-corrected chi connectivity index (χ1v) is 6.32. The van der Waals surface area contributed by atoms with Crippen LogP contribution < -0.4 is 10.9 Å². The minimum absolute atomic E-state index is 0.0874. The Kier molecular flexibility index (Phi) is 5.76. The van der Waals surface area contributed by atoms with Crippen molar-refractivity contribution in [3.63, 3.8) is 0 Å². The van der Waals surface area contributed by atoms with Gasteiger partial charge in [0, 0.05) is 25.1 Å². The van der Waals surface area contributed by atoms with Gasteiger partial charge >= 0.3 is 5.97 Å². The van der Waals surface area contributed by atoms with Gasteiger partial charge in [0.1, 0.15) is 0 Å². The van der Waals surface area contributed by atoms with E-state index >= 15 is 0 Å². The van der Waals surface area contributed by atoms with Crippen LogP contribution in [0.2, 0.25) is 0 Å². The maximum absolute atomic E-state index is 11.7. The van der Waals surface area contributed by atoms with E-state index in [1.54, 1.807) is 0 Å². The van der Waals surface area contributed by atoms with Crippen molar-refractivity contribution in [3.05, 3.63) is 28.0 Å². The topological polar surface area (TPSA) is 119 Å². The van der Waals surface area contributed by atoms with Crippen LogP contribution in [-0.2, 0) is 4.79 Å². The molecule has 1 atom stereocenters. The number of amides is 1. The first-order valence-electron chi connectivity index (χ1n) is 6.32. The largest absolute Gasteiger partial charge is 0.494 e. The molecule has 1 heterocycles. The third-order valence-electron chi connectivity index (χ3n) is 2.87. The number of carbonyl (C=O) groups is 2. The zero-order chi connectivity index (χ0) is 15.1. The lowest BCUT2D eigenvalue weighted by atomic mass is 10.0. The number of carboxylic acid groups (broad SMARTS) is 1. The molecule has 0 bridgehead atoms. The van der Waals surface area contributed by atoms with Crippen LogP contribution in [0.15, 0.2) is 16.9 Å². The summed E-state index contributed by atoms with van der Waals surface area (Å²) in [5.41, 5.74) is -0.464. The molecular weight excluding hydrogens is 264 g/mol. The van der Waals surface area contributed by atoms with Crippen molar-refractivity contribution in [1.29, 1.82) is 0 Å². The monoisotopic (exact) mass is 282 g/mol. The molecule has 1 rings (SSSR count). The molecule has 0 fully saturated rings. The van der Waals surface area contributed by atoms with Crippen LogP contribution in [0.5, 0.6) is 5.88 Å². The second-order valence-corrected chi connectivity index (χ2v) is 4.70. The van der Waals surface area contributed by atoms with Crippen molar-refractivity contribution in [2.24, 2.45) is 5.92 Å². The maximum Gasteiger partial charge on any atom is 0.303 e. The van der Waals surface area contributed by atoms with E-state index < -0.39 is 17.4 Å². The molecule has 110 valence electrons.